The molecule has 166 valence electrons. The molecule has 2 bridgehead atoms. The number of carbonyl (C=O) groups excluding carboxylic acids is 2. The molecule has 2 fully saturated rings. The average molecular weight is 452 g/mol. The van der Waals surface area contributed by atoms with Crippen LogP contribution in [0.15, 0.2) is 48.8 Å². The van der Waals surface area contributed by atoms with E-state index in [0.29, 0.717) is 34.9 Å². The standard InChI is InChI=1S/C24H26ClN5O2/c25-19-6-1-2-7-20(19)29-23(31)13-30-17-4-3-5-18(30)12-16(11-17)28-24(32)15-8-9-21-22(10-15)27-14-26-21/h1-2,6-10,14,16-18H,3-5,11-13H2,(H,26,27)(H,28,32)(H,29,31). The molecule has 2 aliphatic rings. The Hall–Kier alpha value is -2.90. The van der Waals surface area contributed by atoms with Crippen LogP contribution in [0.1, 0.15) is 42.5 Å². The Labute approximate surface area is 191 Å². The van der Waals surface area contributed by atoms with Gasteiger partial charge in [-0.1, -0.05) is 30.2 Å². The molecule has 7 nitrogen and oxygen atoms in total. The summed E-state index contributed by atoms with van der Waals surface area (Å²) in [6.07, 6.45) is 6.59. The quantitative estimate of drug-likeness (QED) is 0.547. The van der Waals surface area contributed by atoms with Crippen LogP contribution in [0.25, 0.3) is 11.0 Å². The van der Waals surface area contributed by atoms with Crippen LogP contribution in [0.5, 0.6) is 0 Å². The van der Waals surface area contributed by atoms with E-state index in [9.17, 15) is 9.59 Å². The Morgan fingerprint density at radius 1 is 1.12 bits per heavy atom. The lowest BCUT2D eigenvalue weighted by atomic mass is 9.81. The number of nitrogens with zero attached hydrogens (tertiary/aromatic N) is 2. The second kappa shape index (κ2) is 8.92. The molecule has 3 aromatic rings. The van der Waals surface area contributed by atoms with Crippen LogP contribution in [-0.2, 0) is 4.79 Å². The van der Waals surface area contributed by atoms with Crippen molar-refractivity contribution in [2.75, 3.05) is 11.9 Å². The van der Waals surface area contributed by atoms with Gasteiger partial charge in [0.1, 0.15) is 0 Å². The number of para-hydroxylation sites is 1. The molecule has 2 atom stereocenters. The minimum atomic E-state index is -0.0607. The van der Waals surface area contributed by atoms with Crippen molar-refractivity contribution in [1.29, 1.82) is 0 Å². The number of imidazole rings is 1. The minimum absolute atomic E-state index is 0.0506. The van der Waals surface area contributed by atoms with Crippen LogP contribution in [0, 0.1) is 0 Å². The highest BCUT2D eigenvalue weighted by atomic mass is 35.5. The molecule has 5 rings (SSSR count). The number of rotatable bonds is 5. The molecular formula is C24H26ClN5O2. The van der Waals surface area contributed by atoms with Gasteiger partial charge < -0.3 is 15.6 Å². The smallest absolute Gasteiger partial charge is 0.251 e. The lowest BCUT2D eigenvalue weighted by Gasteiger charge is -2.48. The number of anilines is 1. The first-order valence-corrected chi connectivity index (χ1v) is 11.5. The van der Waals surface area contributed by atoms with Crippen LogP contribution in [-0.4, -0.2) is 51.4 Å². The number of piperidine rings is 2. The molecule has 2 aromatic carbocycles. The number of aromatic amines is 1. The Bertz CT molecular complexity index is 1130. The molecule has 3 N–H and O–H groups in total. The van der Waals surface area contributed by atoms with Gasteiger partial charge in [-0.3, -0.25) is 14.5 Å². The molecule has 8 heteroatoms. The minimum Gasteiger partial charge on any atom is -0.349 e. The Morgan fingerprint density at radius 2 is 1.91 bits per heavy atom. The molecule has 0 radical (unpaired) electrons. The molecule has 0 spiro atoms. The summed E-state index contributed by atoms with van der Waals surface area (Å²) in [5, 5.41) is 6.70. The number of hydrogen-bond acceptors (Lipinski definition) is 4. The summed E-state index contributed by atoms with van der Waals surface area (Å²) >= 11 is 6.18. The molecule has 0 aliphatic carbocycles. The normalized spacial score (nSPS) is 23.1. The first kappa shape index (κ1) is 21.0. The summed E-state index contributed by atoms with van der Waals surface area (Å²) in [5.74, 6) is -0.111. The van der Waals surface area contributed by atoms with Gasteiger partial charge in [-0.25, -0.2) is 4.98 Å². The average Bonchev–Trinajstić information content (AvgIpc) is 3.24. The first-order chi connectivity index (χ1) is 15.6. The topological polar surface area (TPSA) is 90.1 Å². The summed E-state index contributed by atoms with van der Waals surface area (Å²) in [5.41, 5.74) is 2.97. The van der Waals surface area contributed by atoms with Crippen LogP contribution >= 0.6 is 11.6 Å². The summed E-state index contributed by atoms with van der Waals surface area (Å²) in [4.78, 5) is 35.1. The zero-order chi connectivity index (χ0) is 22.1. The van der Waals surface area contributed by atoms with E-state index in [1.165, 1.54) is 0 Å². The molecule has 32 heavy (non-hydrogen) atoms. The Balaban J connectivity index is 1.21. The van der Waals surface area contributed by atoms with E-state index in [4.69, 9.17) is 11.6 Å². The number of H-pyrrole nitrogens is 1. The highest BCUT2D eigenvalue weighted by molar-refractivity contribution is 6.33. The molecule has 2 amide bonds. The Morgan fingerprint density at radius 3 is 2.69 bits per heavy atom. The van der Waals surface area contributed by atoms with Crippen LogP contribution in [0.2, 0.25) is 5.02 Å². The molecule has 2 saturated heterocycles. The van der Waals surface area contributed by atoms with E-state index in [-0.39, 0.29) is 17.9 Å². The number of halogens is 1. The molecule has 3 heterocycles. The van der Waals surface area contributed by atoms with E-state index >= 15 is 0 Å². The van der Waals surface area contributed by atoms with Gasteiger partial charge >= 0.3 is 0 Å². The molecule has 2 unspecified atom stereocenters. The maximum Gasteiger partial charge on any atom is 0.251 e. The van der Waals surface area contributed by atoms with Crippen molar-refractivity contribution in [3.63, 3.8) is 0 Å². The van der Waals surface area contributed by atoms with Gasteiger partial charge in [-0.15, -0.1) is 0 Å². The third-order valence-electron chi connectivity index (χ3n) is 6.62. The molecule has 0 saturated carbocycles. The predicted molar refractivity (Wildman–Crippen MR) is 125 cm³/mol. The van der Waals surface area contributed by atoms with E-state index in [1.807, 2.05) is 36.4 Å². The highest BCUT2D eigenvalue weighted by Gasteiger charge is 2.39. The fraction of sp³-hybridized carbons (Fsp3) is 0.375. The van der Waals surface area contributed by atoms with Gasteiger partial charge in [-0.2, -0.15) is 0 Å². The molecule has 1 aromatic heterocycles. The second-order valence-electron chi connectivity index (χ2n) is 8.72. The summed E-state index contributed by atoms with van der Waals surface area (Å²) in [7, 11) is 0. The largest absolute Gasteiger partial charge is 0.349 e. The summed E-state index contributed by atoms with van der Waals surface area (Å²) < 4.78 is 0. The van der Waals surface area contributed by atoms with Crippen molar-refractivity contribution in [1.82, 2.24) is 20.2 Å². The zero-order valence-electron chi connectivity index (χ0n) is 17.7. The monoisotopic (exact) mass is 451 g/mol. The van der Waals surface area contributed by atoms with Crippen molar-refractivity contribution >= 4 is 40.1 Å². The first-order valence-electron chi connectivity index (χ1n) is 11.1. The number of nitrogens with one attached hydrogen (secondary N) is 3. The fourth-order valence-electron chi connectivity index (χ4n) is 5.12. The number of carbonyl (C=O) groups is 2. The SMILES string of the molecule is O=C(CN1C2CCCC1CC(NC(=O)c1ccc3nc[nH]c3c1)C2)Nc1ccccc1Cl. The van der Waals surface area contributed by atoms with E-state index in [2.05, 4.69) is 25.5 Å². The highest BCUT2D eigenvalue weighted by Crippen LogP contribution is 2.34. The van der Waals surface area contributed by atoms with Gasteiger partial charge in [0.2, 0.25) is 5.91 Å². The van der Waals surface area contributed by atoms with Gasteiger partial charge in [-0.05, 0) is 56.0 Å². The van der Waals surface area contributed by atoms with Crippen molar-refractivity contribution in [3.8, 4) is 0 Å². The number of amides is 2. The van der Waals surface area contributed by atoms with Crippen molar-refractivity contribution < 1.29 is 9.59 Å². The lowest BCUT2D eigenvalue weighted by Crippen LogP contribution is -2.58. The maximum absolute atomic E-state index is 12.9. The van der Waals surface area contributed by atoms with E-state index in [1.54, 1.807) is 12.4 Å². The maximum atomic E-state index is 12.9. The van der Waals surface area contributed by atoms with Crippen LogP contribution < -0.4 is 10.6 Å². The van der Waals surface area contributed by atoms with Gasteiger partial charge in [0, 0.05) is 23.7 Å². The predicted octanol–water partition coefficient (Wildman–Crippen LogP) is 3.97. The van der Waals surface area contributed by atoms with Crippen molar-refractivity contribution in [2.45, 2.75) is 50.2 Å². The van der Waals surface area contributed by atoms with Crippen LogP contribution in [0.3, 0.4) is 0 Å². The summed E-state index contributed by atoms with van der Waals surface area (Å²) in [6, 6.07) is 13.5. The Kier molecular flexibility index (Phi) is 5.85. The molecule has 2 aliphatic heterocycles. The number of benzene rings is 2. The third-order valence-corrected chi connectivity index (χ3v) is 6.95. The number of hydrogen-bond donors (Lipinski definition) is 3. The number of fused-ring (bicyclic) bond motifs is 3. The van der Waals surface area contributed by atoms with Gasteiger partial charge in [0.05, 0.1) is 34.6 Å². The van der Waals surface area contributed by atoms with Crippen molar-refractivity contribution in [3.05, 3.63) is 59.4 Å². The number of aromatic nitrogens is 2. The van der Waals surface area contributed by atoms with Gasteiger partial charge in [0.25, 0.3) is 5.91 Å². The van der Waals surface area contributed by atoms with Crippen LogP contribution in [0.4, 0.5) is 5.69 Å². The second-order valence-corrected chi connectivity index (χ2v) is 9.12. The van der Waals surface area contributed by atoms with E-state index in [0.717, 1.165) is 43.1 Å². The summed E-state index contributed by atoms with van der Waals surface area (Å²) in [6.45, 7) is 0.345. The third kappa shape index (κ3) is 4.36. The lowest BCUT2D eigenvalue weighted by molar-refractivity contribution is -0.120. The van der Waals surface area contributed by atoms with Gasteiger partial charge in [0.15, 0.2) is 0 Å². The zero-order valence-corrected chi connectivity index (χ0v) is 18.4. The molecular weight excluding hydrogens is 426 g/mol. The fourth-order valence-corrected chi connectivity index (χ4v) is 5.30. The van der Waals surface area contributed by atoms with E-state index < -0.39 is 0 Å². The van der Waals surface area contributed by atoms with Crippen molar-refractivity contribution in [2.24, 2.45) is 0 Å².